The van der Waals surface area contributed by atoms with Gasteiger partial charge in [0.15, 0.2) is 0 Å². The Kier molecular flexibility index (Phi) is 11.0. The highest BCUT2D eigenvalue weighted by molar-refractivity contribution is 6.30. The fourth-order valence-corrected chi connectivity index (χ4v) is 8.29. The van der Waals surface area contributed by atoms with Crippen LogP contribution in [0, 0.1) is 17.3 Å². The van der Waals surface area contributed by atoms with Crippen molar-refractivity contribution in [3.8, 4) is 0 Å². The van der Waals surface area contributed by atoms with E-state index in [1.165, 1.54) is 0 Å². The van der Waals surface area contributed by atoms with Crippen molar-refractivity contribution >= 4 is 29.3 Å². The Hall–Kier alpha value is -2.20. The summed E-state index contributed by atoms with van der Waals surface area (Å²) in [5, 5.41) is 10.9. The van der Waals surface area contributed by atoms with Crippen molar-refractivity contribution in [2.75, 3.05) is 59.5 Å². The Bertz CT molecular complexity index is 1270. The molecule has 10 heteroatoms. The van der Waals surface area contributed by atoms with Crippen molar-refractivity contribution in [3.63, 3.8) is 0 Å². The van der Waals surface area contributed by atoms with E-state index in [-0.39, 0.29) is 53.8 Å². The molecular formula is C37H58ClN5O4. The lowest BCUT2D eigenvalue weighted by molar-refractivity contribution is -0.149. The molecule has 0 aromatic heterocycles. The number of amides is 3. The van der Waals surface area contributed by atoms with Gasteiger partial charge in [0, 0.05) is 68.3 Å². The van der Waals surface area contributed by atoms with E-state index in [1.54, 1.807) is 13.8 Å². The molecule has 4 atom stereocenters. The van der Waals surface area contributed by atoms with Crippen molar-refractivity contribution in [2.45, 2.75) is 103 Å². The number of aliphatic hydroxyl groups is 1. The van der Waals surface area contributed by atoms with Crippen LogP contribution in [0.1, 0.15) is 85.1 Å². The van der Waals surface area contributed by atoms with Gasteiger partial charge in [0.05, 0.1) is 24.0 Å². The molecule has 3 aliphatic heterocycles. The number of likely N-dealkylation sites (N-methyl/N-ethyl adjacent to an activating group) is 1. The lowest BCUT2D eigenvalue weighted by Crippen LogP contribution is -2.55. The first-order chi connectivity index (χ1) is 22.1. The predicted octanol–water partition coefficient (Wildman–Crippen LogP) is 4.32. The summed E-state index contributed by atoms with van der Waals surface area (Å²) >= 11 is 6.27. The van der Waals surface area contributed by atoms with E-state index in [0.717, 1.165) is 50.9 Å². The largest absolute Gasteiger partial charge is 0.395 e. The average molecular weight is 672 g/mol. The van der Waals surface area contributed by atoms with Gasteiger partial charge in [0.1, 0.15) is 6.04 Å². The third-order valence-electron chi connectivity index (χ3n) is 11.5. The lowest BCUT2D eigenvalue weighted by Gasteiger charge is -2.43. The van der Waals surface area contributed by atoms with Crippen molar-refractivity contribution < 1.29 is 19.5 Å². The van der Waals surface area contributed by atoms with Gasteiger partial charge in [0.25, 0.3) is 0 Å². The SMILES string of the molecule is CN1CCN(C(=O)[C@H]2C[C@H](N(C(=O)C(C)(C)CO)[C@H]3CC[C@@H](C)CC3)CN2C(=O)[C@@H]2CN(C(C)(C)C)C[C@H]2c2ccc(Cl)cc2)CC1. The first-order valence-electron chi connectivity index (χ1n) is 17.8. The highest BCUT2D eigenvalue weighted by atomic mass is 35.5. The van der Waals surface area contributed by atoms with Crippen LogP contribution in [0.3, 0.4) is 0 Å². The smallest absolute Gasteiger partial charge is 0.245 e. The number of nitrogens with zero attached hydrogens (tertiary/aromatic N) is 5. The highest BCUT2D eigenvalue weighted by Crippen LogP contribution is 2.41. The van der Waals surface area contributed by atoms with Crippen LogP contribution in [0.25, 0.3) is 0 Å². The molecule has 1 saturated carbocycles. The number of carbonyl (C=O) groups is 3. The van der Waals surface area contributed by atoms with Gasteiger partial charge in [-0.1, -0.05) is 30.7 Å². The van der Waals surface area contributed by atoms with Crippen LogP contribution in [-0.2, 0) is 14.4 Å². The van der Waals surface area contributed by atoms with E-state index >= 15 is 0 Å². The monoisotopic (exact) mass is 671 g/mol. The molecular weight excluding hydrogens is 614 g/mol. The molecule has 3 amide bonds. The van der Waals surface area contributed by atoms with E-state index in [2.05, 4.69) is 44.5 Å². The molecule has 3 heterocycles. The molecule has 3 saturated heterocycles. The third kappa shape index (κ3) is 7.84. The standard InChI is InChI=1S/C37H58ClN5O4/c1-25-8-14-28(15-9-25)43(35(47)37(5,6)24-44)29-20-32(34(46)40-18-16-39(7)17-19-40)42(21-29)33(45)31-23-41(36(2,3)4)22-30(31)26-10-12-27(38)13-11-26/h10-13,25,28-32,44H,8-9,14-24H2,1-7H3/t25-,28+,29-,30-,31+,32+/m0/s1. The maximum absolute atomic E-state index is 15.0. The van der Waals surface area contributed by atoms with Crippen LogP contribution in [0.15, 0.2) is 24.3 Å². The van der Waals surface area contributed by atoms with E-state index in [1.807, 2.05) is 39.0 Å². The average Bonchev–Trinajstić information content (AvgIpc) is 3.68. The molecule has 0 unspecified atom stereocenters. The van der Waals surface area contributed by atoms with Gasteiger partial charge >= 0.3 is 0 Å². The number of hydrogen-bond acceptors (Lipinski definition) is 6. The molecule has 9 nitrogen and oxygen atoms in total. The summed E-state index contributed by atoms with van der Waals surface area (Å²) in [5.41, 5.74) is 0.00462. The second-order valence-corrected chi connectivity index (χ2v) is 17.0. The van der Waals surface area contributed by atoms with E-state index in [0.29, 0.717) is 43.5 Å². The second kappa shape index (κ2) is 14.3. The molecule has 47 heavy (non-hydrogen) atoms. The van der Waals surface area contributed by atoms with Crippen LogP contribution in [-0.4, -0.2) is 130 Å². The summed E-state index contributed by atoms with van der Waals surface area (Å²) in [6.07, 6.45) is 4.31. The molecule has 0 spiro atoms. The number of piperazine rings is 1. The first kappa shape index (κ1) is 36.1. The Morgan fingerprint density at radius 2 is 1.49 bits per heavy atom. The van der Waals surface area contributed by atoms with Crippen LogP contribution in [0.2, 0.25) is 5.02 Å². The number of hydrogen-bond donors (Lipinski definition) is 1. The zero-order valence-corrected chi connectivity index (χ0v) is 30.5. The third-order valence-corrected chi connectivity index (χ3v) is 11.8. The number of rotatable bonds is 7. The normalized spacial score (nSPS) is 29.7. The van der Waals surface area contributed by atoms with E-state index < -0.39 is 11.5 Å². The Morgan fingerprint density at radius 1 is 0.872 bits per heavy atom. The molecule has 4 fully saturated rings. The van der Waals surface area contributed by atoms with Crippen LogP contribution < -0.4 is 0 Å². The minimum Gasteiger partial charge on any atom is -0.395 e. The Balaban J connectivity index is 1.50. The molecule has 4 aliphatic rings. The fourth-order valence-electron chi connectivity index (χ4n) is 8.16. The maximum Gasteiger partial charge on any atom is 0.245 e. The van der Waals surface area contributed by atoms with Crippen LogP contribution >= 0.6 is 11.6 Å². The number of halogens is 1. The van der Waals surface area contributed by atoms with Crippen molar-refractivity contribution in [1.82, 2.24) is 24.5 Å². The van der Waals surface area contributed by atoms with Crippen molar-refractivity contribution in [1.29, 1.82) is 0 Å². The fraction of sp³-hybridized carbons (Fsp3) is 0.757. The summed E-state index contributed by atoms with van der Waals surface area (Å²) in [6, 6.07) is 6.96. The molecule has 1 aromatic rings. The quantitative estimate of drug-likeness (QED) is 0.465. The summed E-state index contributed by atoms with van der Waals surface area (Å²) < 4.78 is 0. The first-order valence-corrected chi connectivity index (χ1v) is 18.2. The summed E-state index contributed by atoms with van der Waals surface area (Å²) in [7, 11) is 2.07. The molecule has 1 aliphatic carbocycles. The predicted molar refractivity (Wildman–Crippen MR) is 186 cm³/mol. The molecule has 262 valence electrons. The summed E-state index contributed by atoms with van der Waals surface area (Å²) in [6.45, 7) is 16.7. The van der Waals surface area contributed by atoms with E-state index in [9.17, 15) is 19.5 Å². The maximum atomic E-state index is 15.0. The summed E-state index contributed by atoms with van der Waals surface area (Å²) in [4.78, 5) is 54.0. The topological polar surface area (TPSA) is 87.6 Å². The van der Waals surface area contributed by atoms with Gasteiger partial charge in [-0.2, -0.15) is 0 Å². The Labute approximate surface area is 287 Å². The minimum atomic E-state index is -0.949. The number of likely N-dealkylation sites (tertiary alicyclic amines) is 2. The van der Waals surface area contributed by atoms with E-state index in [4.69, 9.17) is 11.6 Å². The number of carbonyl (C=O) groups excluding carboxylic acids is 3. The van der Waals surface area contributed by atoms with Crippen LogP contribution in [0.4, 0.5) is 0 Å². The van der Waals surface area contributed by atoms with Gasteiger partial charge in [-0.05, 0) is 97.4 Å². The molecule has 0 radical (unpaired) electrons. The Morgan fingerprint density at radius 3 is 2.06 bits per heavy atom. The number of benzene rings is 1. The minimum absolute atomic E-state index is 0.00207. The highest BCUT2D eigenvalue weighted by Gasteiger charge is 2.52. The zero-order valence-electron chi connectivity index (χ0n) is 29.8. The van der Waals surface area contributed by atoms with Gasteiger partial charge in [-0.15, -0.1) is 0 Å². The molecule has 1 N–H and O–H groups in total. The summed E-state index contributed by atoms with van der Waals surface area (Å²) in [5.74, 6) is 0.156. The van der Waals surface area contributed by atoms with Gasteiger partial charge < -0.3 is 24.7 Å². The van der Waals surface area contributed by atoms with Crippen LogP contribution in [0.5, 0.6) is 0 Å². The molecule has 5 rings (SSSR count). The number of aliphatic hydroxyl groups excluding tert-OH is 1. The zero-order chi connectivity index (χ0) is 34.3. The molecule has 1 aromatic carbocycles. The van der Waals surface area contributed by atoms with Gasteiger partial charge in [0.2, 0.25) is 17.7 Å². The van der Waals surface area contributed by atoms with Gasteiger partial charge in [-0.3, -0.25) is 19.3 Å². The molecule has 0 bridgehead atoms. The lowest BCUT2D eigenvalue weighted by atomic mass is 9.83. The van der Waals surface area contributed by atoms with Gasteiger partial charge in [-0.25, -0.2) is 0 Å². The second-order valence-electron chi connectivity index (χ2n) is 16.5. The van der Waals surface area contributed by atoms with Crippen molar-refractivity contribution in [3.05, 3.63) is 34.9 Å². The van der Waals surface area contributed by atoms with Crippen molar-refractivity contribution in [2.24, 2.45) is 17.3 Å².